The van der Waals surface area contributed by atoms with Gasteiger partial charge >= 0.3 is 0 Å². The van der Waals surface area contributed by atoms with Crippen molar-refractivity contribution in [2.75, 3.05) is 0 Å². The second kappa shape index (κ2) is 5.22. The molecular formula is C12H10ClNO2S2. The Morgan fingerprint density at radius 1 is 1.44 bits per heavy atom. The molecule has 94 valence electrons. The first-order valence-electron chi connectivity index (χ1n) is 5.28. The van der Waals surface area contributed by atoms with E-state index in [0.717, 1.165) is 11.3 Å². The molecule has 0 unspecified atom stereocenters. The van der Waals surface area contributed by atoms with Crippen molar-refractivity contribution in [3.63, 3.8) is 0 Å². The third-order valence-corrected chi connectivity index (χ3v) is 4.10. The number of thiazole rings is 1. The van der Waals surface area contributed by atoms with Crippen LogP contribution in [0, 0.1) is 3.95 Å². The second-order valence-electron chi connectivity index (χ2n) is 3.61. The van der Waals surface area contributed by atoms with Gasteiger partial charge in [0.1, 0.15) is 4.88 Å². The van der Waals surface area contributed by atoms with Crippen molar-refractivity contribution >= 4 is 40.9 Å². The Balaban J connectivity index is 2.59. The van der Waals surface area contributed by atoms with Gasteiger partial charge in [0.2, 0.25) is 5.88 Å². The van der Waals surface area contributed by atoms with Gasteiger partial charge in [-0.2, -0.15) is 0 Å². The summed E-state index contributed by atoms with van der Waals surface area (Å²) < 4.78 is 1.91. The summed E-state index contributed by atoms with van der Waals surface area (Å²) in [6.45, 7) is 1.75. The van der Waals surface area contributed by atoms with E-state index >= 15 is 0 Å². The molecule has 0 spiro atoms. The molecule has 0 aliphatic rings. The van der Waals surface area contributed by atoms with E-state index in [1.54, 1.807) is 31.2 Å². The molecule has 0 fully saturated rings. The summed E-state index contributed by atoms with van der Waals surface area (Å²) in [5.74, 6) is -0.213. The lowest BCUT2D eigenvalue weighted by Gasteiger charge is -2.04. The molecule has 1 aromatic carbocycles. The molecule has 1 N–H and O–H groups in total. The first kappa shape index (κ1) is 13.3. The van der Waals surface area contributed by atoms with Crippen molar-refractivity contribution in [1.82, 2.24) is 4.57 Å². The number of carbonyl (C=O) groups excluding carboxylic acids is 1. The summed E-state index contributed by atoms with van der Waals surface area (Å²) in [5, 5.41) is 10.7. The van der Waals surface area contributed by atoms with Crippen LogP contribution < -0.4 is 0 Å². The molecule has 0 radical (unpaired) electrons. The number of hydrogen-bond donors (Lipinski definition) is 1. The molecule has 2 aromatic rings. The highest BCUT2D eigenvalue weighted by Crippen LogP contribution is 2.30. The van der Waals surface area contributed by atoms with Crippen LogP contribution in [0.15, 0.2) is 24.3 Å². The van der Waals surface area contributed by atoms with Crippen LogP contribution >= 0.6 is 35.2 Å². The third kappa shape index (κ3) is 2.34. The SMILES string of the molecule is CCC(=O)c1sc(=S)n(-c2ccc(Cl)cc2)c1O. The van der Waals surface area contributed by atoms with Crippen molar-refractivity contribution in [3.05, 3.63) is 38.1 Å². The Hall–Kier alpha value is -1.17. The van der Waals surface area contributed by atoms with Gasteiger partial charge in [0.25, 0.3) is 0 Å². The number of rotatable bonds is 3. The Morgan fingerprint density at radius 2 is 2.06 bits per heavy atom. The molecule has 0 amide bonds. The number of aromatic hydroxyl groups is 1. The number of nitrogens with zero attached hydrogens (tertiary/aromatic N) is 1. The van der Waals surface area contributed by atoms with Crippen molar-refractivity contribution in [1.29, 1.82) is 0 Å². The van der Waals surface area contributed by atoms with Crippen LogP contribution in [0.2, 0.25) is 5.02 Å². The summed E-state index contributed by atoms with van der Waals surface area (Å²) in [6, 6.07) is 6.89. The fourth-order valence-electron chi connectivity index (χ4n) is 1.53. The fraction of sp³-hybridized carbons (Fsp3) is 0.167. The molecule has 0 atom stereocenters. The molecule has 1 heterocycles. The number of ketones is 1. The van der Waals surface area contributed by atoms with Crippen molar-refractivity contribution in [2.24, 2.45) is 0 Å². The summed E-state index contributed by atoms with van der Waals surface area (Å²) in [5.41, 5.74) is 0.688. The summed E-state index contributed by atoms with van der Waals surface area (Å²) in [7, 11) is 0. The van der Waals surface area contributed by atoms with E-state index in [4.69, 9.17) is 23.8 Å². The van der Waals surface area contributed by atoms with E-state index in [1.165, 1.54) is 4.57 Å². The number of benzene rings is 1. The Labute approximate surface area is 118 Å². The Bertz CT molecular complexity index is 643. The van der Waals surface area contributed by atoms with Crippen molar-refractivity contribution in [2.45, 2.75) is 13.3 Å². The fourth-order valence-corrected chi connectivity index (χ4v) is 2.99. The zero-order chi connectivity index (χ0) is 13.3. The molecule has 0 aliphatic carbocycles. The second-order valence-corrected chi connectivity index (χ2v) is 5.69. The van der Waals surface area contributed by atoms with Crippen LogP contribution in [0.5, 0.6) is 5.88 Å². The van der Waals surface area contributed by atoms with Crippen LogP contribution in [0.1, 0.15) is 23.0 Å². The highest BCUT2D eigenvalue weighted by atomic mass is 35.5. The van der Waals surface area contributed by atoms with Gasteiger partial charge in [0, 0.05) is 11.4 Å². The van der Waals surface area contributed by atoms with Gasteiger partial charge in [-0.3, -0.25) is 9.36 Å². The Kier molecular flexibility index (Phi) is 3.85. The van der Waals surface area contributed by atoms with E-state index in [2.05, 4.69) is 0 Å². The molecule has 2 rings (SSSR count). The average Bonchev–Trinajstić information content (AvgIpc) is 2.65. The maximum Gasteiger partial charge on any atom is 0.219 e. The maximum atomic E-state index is 11.7. The number of aromatic nitrogens is 1. The zero-order valence-electron chi connectivity index (χ0n) is 9.51. The predicted molar refractivity (Wildman–Crippen MR) is 75.8 cm³/mol. The molecule has 3 nitrogen and oxygen atoms in total. The topological polar surface area (TPSA) is 42.2 Å². The van der Waals surface area contributed by atoms with E-state index in [-0.39, 0.29) is 11.7 Å². The minimum absolute atomic E-state index is 0.0980. The number of carbonyl (C=O) groups is 1. The summed E-state index contributed by atoms with van der Waals surface area (Å²) in [6.07, 6.45) is 0.337. The smallest absolute Gasteiger partial charge is 0.219 e. The van der Waals surface area contributed by atoms with Gasteiger partial charge in [-0.1, -0.05) is 29.9 Å². The molecular weight excluding hydrogens is 290 g/mol. The molecule has 0 aliphatic heterocycles. The molecule has 0 saturated heterocycles. The lowest BCUT2D eigenvalue weighted by Crippen LogP contribution is -1.97. The predicted octanol–water partition coefficient (Wildman–Crippen LogP) is 4.22. The van der Waals surface area contributed by atoms with Crippen LogP contribution in [-0.2, 0) is 0 Å². The van der Waals surface area contributed by atoms with Crippen LogP contribution in [-0.4, -0.2) is 15.5 Å². The quantitative estimate of drug-likeness (QED) is 0.681. The third-order valence-electron chi connectivity index (χ3n) is 2.45. The van der Waals surface area contributed by atoms with E-state index in [0.29, 0.717) is 26.0 Å². The first-order valence-corrected chi connectivity index (χ1v) is 6.88. The van der Waals surface area contributed by atoms with E-state index < -0.39 is 0 Å². The maximum absolute atomic E-state index is 11.7. The zero-order valence-corrected chi connectivity index (χ0v) is 11.9. The van der Waals surface area contributed by atoms with Crippen LogP contribution in [0.25, 0.3) is 5.69 Å². The van der Waals surface area contributed by atoms with Crippen LogP contribution in [0.4, 0.5) is 0 Å². The highest BCUT2D eigenvalue weighted by molar-refractivity contribution is 7.73. The highest BCUT2D eigenvalue weighted by Gasteiger charge is 2.18. The molecule has 0 bridgehead atoms. The molecule has 18 heavy (non-hydrogen) atoms. The minimum Gasteiger partial charge on any atom is -0.493 e. The first-order chi connectivity index (χ1) is 8.54. The van der Waals surface area contributed by atoms with Gasteiger partial charge in [-0.25, -0.2) is 0 Å². The summed E-state index contributed by atoms with van der Waals surface area (Å²) >= 11 is 12.1. The average molecular weight is 300 g/mol. The van der Waals surface area contributed by atoms with Gasteiger partial charge < -0.3 is 5.11 Å². The largest absolute Gasteiger partial charge is 0.493 e. The standard InChI is InChI=1S/C12H10ClNO2S2/c1-2-9(15)10-11(16)14(12(17)18-10)8-5-3-7(13)4-6-8/h3-6,16H,2H2,1H3. The van der Waals surface area contributed by atoms with E-state index in [9.17, 15) is 9.90 Å². The summed E-state index contributed by atoms with van der Waals surface area (Å²) in [4.78, 5) is 12.0. The lowest BCUT2D eigenvalue weighted by atomic mass is 10.2. The number of Topliss-reactive ketones (excluding diaryl/α,β-unsaturated/α-hetero) is 1. The van der Waals surface area contributed by atoms with E-state index in [1.807, 2.05) is 0 Å². The van der Waals surface area contributed by atoms with Crippen LogP contribution in [0.3, 0.4) is 0 Å². The lowest BCUT2D eigenvalue weighted by molar-refractivity contribution is 0.0989. The van der Waals surface area contributed by atoms with Gasteiger partial charge in [0.05, 0.1) is 5.69 Å². The molecule has 6 heteroatoms. The van der Waals surface area contributed by atoms with Crippen molar-refractivity contribution < 1.29 is 9.90 Å². The van der Waals surface area contributed by atoms with Gasteiger partial charge in [-0.05, 0) is 36.5 Å². The molecule has 0 saturated carbocycles. The normalized spacial score (nSPS) is 10.6. The number of hydrogen-bond acceptors (Lipinski definition) is 4. The monoisotopic (exact) mass is 299 g/mol. The van der Waals surface area contributed by atoms with Gasteiger partial charge in [0.15, 0.2) is 9.74 Å². The number of halogens is 1. The van der Waals surface area contributed by atoms with Gasteiger partial charge in [-0.15, -0.1) is 0 Å². The minimum atomic E-state index is -0.115. The molecule has 1 aromatic heterocycles. The Morgan fingerprint density at radius 3 is 2.61 bits per heavy atom. The van der Waals surface area contributed by atoms with Crippen molar-refractivity contribution in [3.8, 4) is 11.6 Å².